The minimum Gasteiger partial charge on any atom is -0.371 e. The molecule has 1 saturated heterocycles. The first-order valence-electron chi connectivity index (χ1n) is 8.37. The van der Waals surface area contributed by atoms with Crippen molar-refractivity contribution in [3.8, 4) is 10.6 Å². The number of anilines is 1. The van der Waals surface area contributed by atoms with E-state index in [1.807, 2.05) is 37.5 Å². The van der Waals surface area contributed by atoms with Crippen molar-refractivity contribution < 1.29 is 9.53 Å². The summed E-state index contributed by atoms with van der Waals surface area (Å²) in [7, 11) is 1.85. The van der Waals surface area contributed by atoms with Crippen LogP contribution in [0.1, 0.15) is 22.2 Å². The van der Waals surface area contributed by atoms with Gasteiger partial charge in [0.25, 0.3) is 5.91 Å². The molecular weight excluding hydrogens is 350 g/mol. The van der Waals surface area contributed by atoms with Crippen LogP contribution in [-0.2, 0) is 11.8 Å². The van der Waals surface area contributed by atoms with Crippen molar-refractivity contribution in [3.63, 3.8) is 0 Å². The maximum Gasteiger partial charge on any atom is 0.275 e. The number of carbonyl (C=O) groups is 1. The first-order chi connectivity index (χ1) is 12.7. The Balaban J connectivity index is 1.42. The topological polar surface area (TPSA) is 81.1 Å². The Morgan fingerprint density at radius 3 is 2.92 bits per heavy atom. The van der Waals surface area contributed by atoms with Crippen LogP contribution in [0.25, 0.3) is 10.6 Å². The predicted octanol–water partition coefficient (Wildman–Crippen LogP) is 2.46. The standard InChI is InChI=1S/C18H19N5O2S/c1-23-10-13(8-20-23)18-22-15(11-26-18)17(24)21-14-4-2-12(3-5-14)16-9-19-6-7-25-16/h2-5,8,10-11,16,19H,6-7,9H2,1H3,(H,21,24). The number of aryl methyl sites for hydroxylation is 1. The van der Waals surface area contributed by atoms with E-state index in [1.54, 1.807) is 16.3 Å². The van der Waals surface area contributed by atoms with Gasteiger partial charge in [-0.05, 0) is 17.7 Å². The molecule has 1 aliphatic heterocycles. The van der Waals surface area contributed by atoms with Crippen LogP contribution in [0.3, 0.4) is 0 Å². The van der Waals surface area contributed by atoms with Crippen molar-refractivity contribution in [1.82, 2.24) is 20.1 Å². The SMILES string of the molecule is Cn1cc(-c2nc(C(=O)Nc3ccc(C4CNCCO4)cc3)cs2)cn1. The van der Waals surface area contributed by atoms with E-state index in [-0.39, 0.29) is 12.0 Å². The number of nitrogens with zero attached hydrogens (tertiary/aromatic N) is 3. The van der Waals surface area contributed by atoms with Crippen molar-refractivity contribution in [1.29, 1.82) is 0 Å². The second-order valence-electron chi connectivity index (χ2n) is 6.08. The van der Waals surface area contributed by atoms with E-state index >= 15 is 0 Å². The second kappa shape index (κ2) is 7.36. The van der Waals surface area contributed by atoms with Gasteiger partial charge < -0.3 is 15.4 Å². The van der Waals surface area contributed by atoms with Crippen molar-refractivity contribution >= 4 is 22.9 Å². The summed E-state index contributed by atoms with van der Waals surface area (Å²) in [5, 5.41) is 12.9. The highest BCUT2D eigenvalue weighted by Gasteiger charge is 2.16. The number of thiazole rings is 1. The lowest BCUT2D eigenvalue weighted by atomic mass is 10.1. The first kappa shape index (κ1) is 16.9. The molecular formula is C18H19N5O2S. The molecule has 0 bridgehead atoms. The zero-order chi connectivity index (χ0) is 17.9. The number of ether oxygens (including phenoxy) is 1. The van der Waals surface area contributed by atoms with Crippen molar-refractivity contribution in [2.24, 2.45) is 7.05 Å². The van der Waals surface area contributed by atoms with Crippen molar-refractivity contribution in [3.05, 3.63) is 53.3 Å². The molecule has 1 fully saturated rings. The molecule has 1 aliphatic rings. The zero-order valence-corrected chi connectivity index (χ0v) is 15.1. The lowest BCUT2D eigenvalue weighted by Gasteiger charge is -2.24. The Morgan fingerprint density at radius 2 is 2.23 bits per heavy atom. The molecule has 2 N–H and O–H groups in total. The molecule has 3 aromatic rings. The zero-order valence-electron chi connectivity index (χ0n) is 14.3. The van der Waals surface area contributed by atoms with Gasteiger partial charge in [-0.15, -0.1) is 11.3 Å². The van der Waals surface area contributed by atoms with E-state index in [9.17, 15) is 4.79 Å². The van der Waals surface area contributed by atoms with Crippen LogP contribution >= 0.6 is 11.3 Å². The van der Waals surface area contributed by atoms with Gasteiger partial charge in [-0.2, -0.15) is 5.10 Å². The molecule has 1 atom stereocenters. The quantitative estimate of drug-likeness (QED) is 0.738. The highest BCUT2D eigenvalue weighted by Crippen LogP contribution is 2.24. The normalized spacial score (nSPS) is 17.2. The average molecular weight is 369 g/mol. The maximum absolute atomic E-state index is 12.4. The second-order valence-corrected chi connectivity index (χ2v) is 6.94. The first-order valence-corrected chi connectivity index (χ1v) is 9.25. The Hall–Kier alpha value is -2.55. The molecule has 0 aliphatic carbocycles. The van der Waals surface area contributed by atoms with Crippen LogP contribution in [0.15, 0.2) is 42.0 Å². The van der Waals surface area contributed by atoms with Crippen LogP contribution in [0.2, 0.25) is 0 Å². The molecule has 0 radical (unpaired) electrons. The van der Waals surface area contributed by atoms with Crippen LogP contribution in [-0.4, -0.2) is 40.4 Å². The molecule has 2 aromatic heterocycles. The number of rotatable bonds is 4. The Kier molecular flexibility index (Phi) is 4.79. The fraction of sp³-hybridized carbons (Fsp3) is 0.278. The lowest BCUT2D eigenvalue weighted by Crippen LogP contribution is -2.33. The fourth-order valence-corrected chi connectivity index (χ4v) is 3.57. The number of hydrogen-bond acceptors (Lipinski definition) is 6. The molecule has 1 unspecified atom stereocenters. The summed E-state index contributed by atoms with van der Waals surface area (Å²) < 4.78 is 7.45. The van der Waals surface area contributed by atoms with Gasteiger partial charge >= 0.3 is 0 Å². The summed E-state index contributed by atoms with van der Waals surface area (Å²) in [6.45, 7) is 2.41. The van der Waals surface area contributed by atoms with Gasteiger partial charge in [0.2, 0.25) is 0 Å². The third-order valence-electron chi connectivity index (χ3n) is 4.16. The smallest absolute Gasteiger partial charge is 0.275 e. The predicted molar refractivity (Wildman–Crippen MR) is 100 cm³/mol. The number of amides is 1. The van der Waals surface area contributed by atoms with Gasteiger partial charge in [0.05, 0.1) is 18.9 Å². The Labute approximate surface area is 155 Å². The van der Waals surface area contributed by atoms with Crippen molar-refractivity contribution in [2.75, 3.05) is 25.0 Å². The molecule has 8 heteroatoms. The third-order valence-corrected chi connectivity index (χ3v) is 5.05. The van der Waals surface area contributed by atoms with E-state index < -0.39 is 0 Å². The van der Waals surface area contributed by atoms with E-state index in [1.165, 1.54) is 11.3 Å². The Bertz CT molecular complexity index is 896. The van der Waals surface area contributed by atoms with E-state index in [0.717, 1.165) is 34.9 Å². The largest absolute Gasteiger partial charge is 0.371 e. The summed E-state index contributed by atoms with van der Waals surface area (Å²) >= 11 is 1.43. The van der Waals surface area contributed by atoms with Crippen LogP contribution in [0.5, 0.6) is 0 Å². The van der Waals surface area contributed by atoms with E-state index in [2.05, 4.69) is 20.7 Å². The summed E-state index contributed by atoms with van der Waals surface area (Å²) in [4.78, 5) is 16.8. The molecule has 0 spiro atoms. The summed E-state index contributed by atoms with van der Waals surface area (Å²) in [5.74, 6) is -0.222. The van der Waals surface area contributed by atoms with Gasteiger partial charge in [0.15, 0.2) is 0 Å². The highest BCUT2D eigenvalue weighted by atomic mass is 32.1. The average Bonchev–Trinajstić information content (AvgIpc) is 3.32. The molecule has 1 amide bonds. The molecule has 0 saturated carbocycles. The molecule has 4 rings (SSSR count). The maximum atomic E-state index is 12.4. The summed E-state index contributed by atoms with van der Waals surface area (Å²) in [6.07, 6.45) is 3.68. The number of carbonyl (C=O) groups excluding carboxylic acids is 1. The number of morpholine rings is 1. The molecule has 7 nitrogen and oxygen atoms in total. The Morgan fingerprint density at radius 1 is 1.38 bits per heavy atom. The van der Waals surface area contributed by atoms with E-state index in [4.69, 9.17) is 4.74 Å². The summed E-state index contributed by atoms with van der Waals surface area (Å²) in [6, 6.07) is 7.74. The minimum atomic E-state index is -0.222. The number of benzene rings is 1. The van der Waals surface area contributed by atoms with Crippen molar-refractivity contribution in [2.45, 2.75) is 6.10 Å². The van der Waals surface area contributed by atoms with Gasteiger partial charge in [-0.25, -0.2) is 4.98 Å². The number of nitrogens with one attached hydrogen (secondary N) is 2. The number of hydrogen-bond donors (Lipinski definition) is 2. The molecule has 1 aromatic carbocycles. The molecule has 3 heterocycles. The van der Waals surface area contributed by atoms with Gasteiger partial charge in [-0.3, -0.25) is 9.48 Å². The lowest BCUT2D eigenvalue weighted by molar-refractivity contribution is 0.0277. The van der Waals surface area contributed by atoms with Gasteiger partial charge in [-0.1, -0.05) is 12.1 Å². The van der Waals surface area contributed by atoms with Crippen LogP contribution in [0.4, 0.5) is 5.69 Å². The fourth-order valence-electron chi connectivity index (χ4n) is 2.80. The summed E-state index contributed by atoms with van der Waals surface area (Å²) in [5.41, 5.74) is 3.14. The van der Waals surface area contributed by atoms with Gasteiger partial charge in [0.1, 0.15) is 10.7 Å². The van der Waals surface area contributed by atoms with Crippen LogP contribution in [0, 0.1) is 0 Å². The van der Waals surface area contributed by atoms with E-state index in [0.29, 0.717) is 12.3 Å². The minimum absolute atomic E-state index is 0.0640. The highest BCUT2D eigenvalue weighted by molar-refractivity contribution is 7.13. The third kappa shape index (κ3) is 3.67. The number of aromatic nitrogens is 3. The molecule has 134 valence electrons. The van der Waals surface area contributed by atoms with Gasteiger partial charge in [0, 0.05) is 43.0 Å². The monoisotopic (exact) mass is 369 g/mol. The molecule has 26 heavy (non-hydrogen) atoms. The van der Waals surface area contributed by atoms with Crippen LogP contribution < -0.4 is 10.6 Å².